The molecule has 2 saturated heterocycles. The predicted octanol–water partition coefficient (Wildman–Crippen LogP) is 1.73. The Labute approximate surface area is 146 Å². The van der Waals surface area contributed by atoms with Crippen molar-refractivity contribution in [1.82, 2.24) is 24.2 Å². The van der Waals surface area contributed by atoms with E-state index >= 15 is 0 Å². The number of nitrogens with zero attached hydrogens (tertiary/aromatic N) is 5. The van der Waals surface area contributed by atoms with Crippen LogP contribution in [-0.4, -0.2) is 61.2 Å². The van der Waals surface area contributed by atoms with Crippen LogP contribution in [-0.2, 0) is 4.79 Å². The number of amides is 2. The Morgan fingerprint density at radius 2 is 1.92 bits per heavy atom. The van der Waals surface area contributed by atoms with Crippen molar-refractivity contribution < 1.29 is 9.59 Å². The molecule has 7 nitrogen and oxygen atoms in total. The Kier molecular flexibility index (Phi) is 4.15. The zero-order chi connectivity index (χ0) is 17.4. The summed E-state index contributed by atoms with van der Waals surface area (Å²) in [5.74, 6) is 0.594. The van der Waals surface area contributed by atoms with E-state index in [9.17, 15) is 9.59 Å². The molecule has 2 aliphatic rings. The monoisotopic (exact) mass is 341 g/mol. The lowest BCUT2D eigenvalue weighted by molar-refractivity contribution is -0.130. The second-order valence-corrected chi connectivity index (χ2v) is 6.94. The van der Waals surface area contributed by atoms with Gasteiger partial charge in [0.05, 0.1) is 12.1 Å². The largest absolute Gasteiger partial charge is 0.338 e. The molecule has 0 bridgehead atoms. The van der Waals surface area contributed by atoms with Gasteiger partial charge in [-0.15, -0.1) is 0 Å². The molecule has 2 aromatic rings. The third kappa shape index (κ3) is 2.88. The van der Waals surface area contributed by atoms with Crippen molar-refractivity contribution in [3.8, 4) is 0 Å². The van der Waals surface area contributed by atoms with E-state index < -0.39 is 0 Å². The number of aromatic nitrogens is 3. The molecule has 25 heavy (non-hydrogen) atoms. The standard InChI is InChI=1S/C18H23N5O2/c1-13(24)22-11-7-16-15(22)6-3-2-4-10-23(16)17(25)14-12-21-9-5-8-19-18(21)20-14/h5,8-9,12,15-16H,2-4,6-7,10-11H2,1H3/t15-,16+/m1/s1. The SMILES string of the molecule is CC(=O)N1CC[C@H]2[C@H]1CCCCCN2C(=O)c1cn2cccnc2n1. The summed E-state index contributed by atoms with van der Waals surface area (Å²) >= 11 is 0. The van der Waals surface area contributed by atoms with E-state index in [1.165, 1.54) is 0 Å². The molecular weight excluding hydrogens is 318 g/mol. The lowest BCUT2D eigenvalue weighted by Gasteiger charge is -2.36. The number of fused-ring (bicyclic) bond motifs is 2. The maximum atomic E-state index is 13.2. The average Bonchev–Trinajstić information content (AvgIpc) is 3.18. The lowest BCUT2D eigenvalue weighted by atomic mass is 9.97. The molecule has 0 aliphatic carbocycles. The first-order valence-electron chi connectivity index (χ1n) is 9.03. The van der Waals surface area contributed by atoms with Crippen LogP contribution < -0.4 is 0 Å². The Morgan fingerprint density at radius 3 is 2.72 bits per heavy atom. The Balaban J connectivity index is 1.64. The normalized spacial score (nSPS) is 24.0. The van der Waals surface area contributed by atoms with Gasteiger partial charge in [-0.2, -0.15) is 0 Å². The van der Waals surface area contributed by atoms with Crippen molar-refractivity contribution in [2.75, 3.05) is 13.1 Å². The van der Waals surface area contributed by atoms with E-state index in [-0.39, 0.29) is 23.9 Å². The molecule has 0 N–H and O–H groups in total. The topological polar surface area (TPSA) is 70.8 Å². The van der Waals surface area contributed by atoms with Crippen LogP contribution in [0.4, 0.5) is 0 Å². The van der Waals surface area contributed by atoms with Gasteiger partial charge in [-0.1, -0.05) is 12.8 Å². The first kappa shape index (κ1) is 16.1. The zero-order valence-electron chi connectivity index (χ0n) is 14.5. The van der Waals surface area contributed by atoms with Crippen LogP contribution in [0, 0.1) is 0 Å². The summed E-state index contributed by atoms with van der Waals surface area (Å²) in [5.41, 5.74) is 0.430. The third-order valence-corrected chi connectivity index (χ3v) is 5.43. The summed E-state index contributed by atoms with van der Waals surface area (Å²) in [6, 6.07) is 2.04. The van der Waals surface area contributed by atoms with Gasteiger partial charge in [0.1, 0.15) is 5.69 Å². The average molecular weight is 341 g/mol. The number of likely N-dealkylation sites (tertiary alicyclic amines) is 2. The van der Waals surface area contributed by atoms with Gasteiger partial charge < -0.3 is 9.80 Å². The van der Waals surface area contributed by atoms with Gasteiger partial charge >= 0.3 is 0 Å². The molecule has 4 rings (SSSR count). The minimum Gasteiger partial charge on any atom is -0.338 e. The molecule has 2 amide bonds. The number of hydrogen-bond acceptors (Lipinski definition) is 4. The van der Waals surface area contributed by atoms with Crippen molar-refractivity contribution in [2.24, 2.45) is 0 Å². The molecule has 2 atom stereocenters. The van der Waals surface area contributed by atoms with Crippen LogP contribution in [0.3, 0.4) is 0 Å². The first-order chi connectivity index (χ1) is 12.1. The van der Waals surface area contributed by atoms with E-state index in [1.54, 1.807) is 23.7 Å². The molecule has 0 unspecified atom stereocenters. The lowest BCUT2D eigenvalue weighted by Crippen LogP contribution is -2.50. The molecule has 0 saturated carbocycles. The maximum absolute atomic E-state index is 13.2. The highest BCUT2D eigenvalue weighted by Gasteiger charge is 2.41. The second-order valence-electron chi connectivity index (χ2n) is 6.94. The van der Waals surface area contributed by atoms with Gasteiger partial charge in [0, 0.05) is 38.6 Å². The molecule has 2 aromatic heterocycles. The van der Waals surface area contributed by atoms with E-state index in [0.29, 0.717) is 11.5 Å². The molecular formula is C18H23N5O2. The fraction of sp³-hybridized carbons (Fsp3) is 0.556. The third-order valence-electron chi connectivity index (χ3n) is 5.43. The highest BCUT2D eigenvalue weighted by molar-refractivity contribution is 5.93. The first-order valence-corrected chi connectivity index (χ1v) is 9.03. The number of hydrogen-bond donors (Lipinski definition) is 0. The highest BCUT2D eigenvalue weighted by Crippen LogP contribution is 2.30. The summed E-state index contributed by atoms with van der Waals surface area (Å²) in [7, 11) is 0. The quantitative estimate of drug-likeness (QED) is 0.792. The molecule has 0 spiro atoms. The van der Waals surface area contributed by atoms with Gasteiger partial charge in [0.25, 0.3) is 5.91 Å². The van der Waals surface area contributed by atoms with E-state index in [4.69, 9.17) is 0 Å². The van der Waals surface area contributed by atoms with Gasteiger partial charge in [0.2, 0.25) is 11.7 Å². The molecule has 0 aromatic carbocycles. The van der Waals surface area contributed by atoms with Crippen LogP contribution in [0.2, 0.25) is 0 Å². The number of carbonyl (C=O) groups excluding carboxylic acids is 2. The van der Waals surface area contributed by atoms with E-state index in [2.05, 4.69) is 9.97 Å². The molecule has 0 radical (unpaired) electrons. The molecule has 132 valence electrons. The second kappa shape index (κ2) is 6.46. The predicted molar refractivity (Wildman–Crippen MR) is 92.1 cm³/mol. The summed E-state index contributed by atoms with van der Waals surface area (Å²) < 4.78 is 1.77. The van der Waals surface area contributed by atoms with E-state index in [1.807, 2.05) is 22.1 Å². The Hall–Kier alpha value is -2.44. The molecule has 2 aliphatic heterocycles. The van der Waals surface area contributed by atoms with Crippen molar-refractivity contribution in [3.63, 3.8) is 0 Å². The number of imidazole rings is 1. The summed E-state index contributed by atoms with van der Waals surface area (Å²) in [6.07, 6.45) is 10.3. The van der Waals surface area contributed by atoms with Crippen LogP contribution >= 0.6 is 0 Å². The minimum absolute atomic E-state index is 0.0483. The Bertz CT molecular complexity index is 769. The van der Waals surface area contributed by atoms with Gasteiger partial charge in [-0.05, 0) is 25.3 Å². The van der Waals surface area contributed by atoms with Gasteiger partial charge in [-0.25, -0.2) is 9.97 Å². The van der Waals surface area contributed by atoms with Crippen LogP contribution in [0.15, 0.2) is 24.7 Å². The number of rotatable bonds is 1. The number of carbonyl (C=O) groups is 2. The maximum Gasteiger partial charge on any atom is 0.274 e. The van der Waals surface area contributed by atoms with Crippen LogP contribution in [0.1, 0.15) is 49.5 Å². The zero-order valence-corrected chi connectivity index (χ0v) is 14.5. The van der Waals surface area contributed by atoms with Crippen LogP contribution in [0.25, 0.3) is 5.78 Å². The van der Waals surface area contributed by atoms with Crippen molar-refractivity contribution in [2.45, 2.75) is 51.1 Å². The minimum atomic E-state index is -0.0483. The van der Waals surface area contributed by atoms with Crippen molar-refractivity contribution in [1.29, 1.82) is 0 Å². The van der Waals surface area contributed by atoms with Crippen molar-refractivity contribution in [3.05, 3.63) is 30.4 Å². The summed E-state index contributed by atoms with van der Waals surface area (Å²) in [6.45, 7) is 3.09. The molecule has 2 fully saturated rings. The fourth-order valence-electron chi connectivity index (χ4n) is 4.25. The summed E-state index contributed by atoms with van der Waals surface area (Å²) in [4.78, 5) is 37.6. The summed E-state index contributed by atoms with van der Waals surface area (Å²) in [5, 5.41) is 0. The smallest absolute Gasteiger partial charge is 0.274 e. The molecule has 7 heteroatoms. The fourth-order valence-corrected chi connectivity index (χ4v) is 4.25. The highest BCUT2D eigenvalue weighted by atomic mass is 16.2. The van der Waals surface area contributed by atoms with Crippen molar-refractivity contribution >= 4 is 17.6 Å². The van der Waals surface area contributed by atoms with E-state index in [0.717, 1.165) is 45.2 Å². The Morgan fingerprint density at radius 1 is 1.08 bits per heavy atom. The van der Waals surface area contributed by atoms with Gasteiger partial charge in [0.15, 0.2) is 0 Å². The molecule has 4 heterocycles. The van der Waals surface area contributed by atoms with Gasteiger partial charge in [-0.3, -0.25) is 14.0 Å². The van der Waals surface area contributed by atoms with Crippen LogP contribution in [0.5, 0.6) is 0 Å².